The van der Waals surface area contributed by atoms with Gasteiger partial charge in [-0.25, -0.2) is 10.4 Å². The number of nitrogens with zero attached hydrogens (tertiary/aromatic N) is 3. The average molecular weight is 519 g/mol. The molecule has 0 spiro atoms. The van der Waals surface area contributed by atoms with Crippen LogP contribution in [-0.4, -0.2) is 48.8 Å². The Bertz CT molecular complexity index is 1490. The van der Waals surface area contributed by atoms with Crippen molar-refractivity contribution in [1.82, 2.24) is 15.0 Å². The Kier molecular flexibility index (Phi) is 8.09. The Morgan fingerprint density at radius 1 is 1.03 bits per heavy atom. The SMILES string of the molecule is COc1cc(/C=N/NC(=O)CSc2nc3ccccc3c(=O)n2-c2ccc(C)cc2)cc(OC)c1OC. The molecule has 0 aliphatic rings. The Morgan fingerprint density at radius 3 is 2.35 bits per heavy atom. The van der Waals surface area contributed by atoms with Crippen molar-refractivity contribution in [3.63, 3.8) is 0 Å². The zero-order chi connectivity index (χ0) is 26.4. The van der Waals surface area contributed by atoms with E-state index in [1.807, 2.05) is 37.3 Å². The molecule has 37 heavy (non-hydrogen) atoms. The third kappa shape index (κ3) is 5.75. The summed E-state index contributed by atoms with van der Waals surface area (Å²) >= 11 is 1.16. The van der Waals surface area contributed by atoms with Crippen LogP contribution in [0.2, 0.25) is 0 Å². The molecule has 0 saturated heterocycles. The number of rotatable bonds is 9. The lowest BCUT2D eigenvalue weighted by molar-refractivity contribution is -0.118. The van der Waals surface area contributed by atoms with E-state index in [0.717, 1.165) is 17.3 Å². The quantitative estimate of drug-likeness (QED) is 0.155. The lowest BCUT2D eigenvalue weighted by Crippen LogP contribution is -2.24. The van der Waals surface area contributed by atoms with Gasteiger partial charge in [-0.3, -0.25) is 14.2 Å². The van der Waals surface area contributed by atoms with E-state index in [4.69, 9.17) is 14.2 Å². The first-order chi connectivity index (χ1) is 17.9. The number of nitrogens with one attached hydrogen (secondary N) is 1. The summed E-state index contributed by atoms with van der Waals surface area (Å²) < 4.78 is 17.5. The summed E-state index contributed by atoms with van der Waals surface area (Å²) in [7, 11) is 4.57. The molecule has 4 aromatic rings. The number of methoxy groups -OCH3 is 3. The van der Waals surface area contributed by atoms with Gasteiger partial charge in [-0.1, -0.05) is 41.6 Å². The Labute approximate surface area is 218 Å². The van der Waals surface area contributed by atoms with Gasteiger partial charge in [0.1, 0.15) is 0 Å². The lowest BCUT2D eigenvalue weighted by atomic mass is 10.2. The highest BCUT2D eigenvalue weighted by molar-refractivity contribution is 7.99. The van der Waals surface area contributed by atoms with Gasteiger partial charge < -0.3 is 14.2 Å². The van der Waals surface area contributed by atoms with Crippen molar-refractivity contribution in [3.8, 4) is 22.9 Å². The molecule has 190 valence electrons. The summed E-state index contributed by atoms with van der Waals surface area (Å²) in [5.74, 6) is 1.06. The largest absolute Gasteiger partial charge is 0.493 e. The predicted molar refractivity (Wildman–Crippen MR) is 145 cm³/mol. The van der Waals surface area contributed by atoms with Crippen molar-refractivity contribution in [2.45, 2.75) is 12.1 Å². The second-order valence-electron chi connectivity index (χ2n) is 7.93. The smallest absolute Gasteiger partial charge is 0.266 e. The number of benzene rings is 3. The number of carbonyl (C=O) groups excluding carboxylic acids is 1. The first-order valence-corrected chi connectivity index (χ1v) is 12.3. The minimum absolute atomic E-state index is 0.00321. The van der Waals surface area contributed by atoms with Crippen LogP contribution in [0.4, 0.5) is 0 Å². The van der Waals surface area contributed by atoms with Gasteiger partial charge in [0.25, 0.3) is 11.5 Å². The summed E-state index contributed by atoms with van der Waals surface area (Å²) in [6.07, 6.45) is 1.48. The van der Waals surface area contributed by atoms with Crippen molar-refractivity contribution in [2.75, 3.05) is 27.1 Å². The molecule has 9 nitrogen and oxygen atoms in total. The van der Waals surface area contributed by atoms with Crippen molar-refractivity contribution in [2.24, 2.45) is 5.10 Å². The predicted octanol–water partition coefficient (Wildman–Crippen LogP) is 3.96. The van der Waals surface area contributed by atoms with Crippen molar-refractivity contribution in [3.05, 3.63) is 82.1 Å². The number of hydrazone groups is 1. The molecule has 1 heterocycles. The van der Waals surface area contributed by atoms with Gasteiger partial charge >= 0.3 is 0 Å². The van der Waals surface area contributed by atoms with Crippen LogP contribution in [0.3, 0.4) is 0 Å². The number of hydrogen-bond acceptors (Lipinski definition) is 8. The van der Waals surface area contributed by atoms with Crippen LogP contribution < -0.4 is 25.2 Å². The van der Waals surface area contributed by atoms with E-state index < -0.39 is 0 Å². The first-order valence-electron chi connectivity index (χ1n) is 11.3. The van der Waals surface area contributed by atoms with Crippen LogP contribution in [-0.2, 0) is 4.79 Å². The molecular formula is C27H26N4O5S. The molecule has 0 unspecified atom stereocenters. The Balaban J connectivity index is 1.53. The molecule has 0 atom stereocenters. The molecule has 0 radical (unpaired) electrons. The zero-order valence-electron chi connectivity index (χ0n) is 20.8. The maximum absolute atomic E-state index is 13.3. The topological polar surface area (TPSA) is 104 Å². The number of carbonyl (C=O) groups is 1. The summed E-state index contributed by atoms with van der Waals surface area (Å²) in [4.78, 5) is 30.5. The number of thioether (sulfide) groups is 1. The van der Waals surface area contributed by atoms with Gasteiger partial charge in [0.15, 0.2) is 16.7 Å². The van der Waals surface area contributed by atoms with Crippen LogP contribution in [0.1, 0.15) is 11.1 Å². The van der Waals surface area contributed by atoms with Gasteiger partial charge in [-0.2, -0.15) is 5.10 Å². The third-order valence-corrected chi connectivity index (χ3v) is 6.40. The Morgan fingerprint density at radius 2 is 1.70 bits per heavy atom. The summed E-state index contributed by atoms with van der Waals surface area (Å²) in [5, 5.41) is 4.96. The van der Waals surface area contributed by atoms with Crippen LogP contribution in [0.5, 0.6) is 17.2 Å². The van der Waals surface area contributed by atoms with Gasteiger partial charge in [0.05, 0.1) is 49.9 Å². The molecular weight excluding hydrogens is 492 g/mol. The zero-order valence-corrected chi connectivity index (χ0v) is 21.7. The number of aryl methyl sites for hydroxylation is 1. The van der Waals surface area contributed by atoms with E-state index in [1.165, 1.54) is 32.1 Å². The number of amides is 1. The summed E-state index contributed by atoms with van der Waals surface area (Å²) in [5.41, 5.74) is 5.27. The average Bonchev–Trinajstić information content (AvgIpc) is 2.92. The van der Waals surface area contributed by atoms with E-state index in [-0.39, 0.29) is 17.2 Å². The van der Waals surface area contributed by atoms with E-state index in [2.05, 4.69) is 15.5 Å². The molecule has 4 rings (SSSR count). The maximum Gasteiger partial charge on any atom is 0.266 e. The first kappa shape index (κ1) is 25.8. The van der Waals surface area contributed by atoms with Gasteiger partial charge in [-0.05, 0) is 43.3 Å². The molecule has 0 aliphatic heterocycles. The molecule has 0 saturated carbocycles. The molecule has 0 bridgehead atoms. The van der Waals surface area contributed by atoms with Crippen LogP contribution in [0, 0.1) is 6.92 Å². The third-order valence-electron chi connectivity index (χ3n) is 5.46. The fraction of sp³-hybridized carbons (Fsp3) is 0.185. The molecule has 3 aromatic carbocycles. The van der Waals surface area contributed by atoms with E-state index in [1.54, 1.807) is 30.3 Å². The second kappa shape index (κ2) is 11.6. The van der Waals surface area contributed by atoms with Crippen molar-refractivity contribution >= 4 is 34.8 Å². The van der Waals surface area contributed by atoms with E-state index in [9.17, 15) is 9.59 Å². The van der Waals surface area contributed by atoms with E-state index in [0.29, 0.717) is 44.6 Å². The molecule has 0 aliphatic carbocycles. The highest BCUT2D eigenvalue weighted by atomic mass is 32.2. The van der Waals surface area contributed by atoms with Crippen LogP contribution in [0.25, 0.3) is 16.6 Å². The van der Waals surface area contributed by atoms with Crippen LogP contribution in [0.15, 0.2) is 75.7 Å². The van der Waals surface area contributed by atoms with Gasteiger partial charge in [-0.15, -0.1) is 0 Å². The highest BCUT2D eigenvalue weighted by Crippen LogP contribution is 2.37. The monoisotopic (exact) mass is 518 g/mol. The number of fused-ring (bicyclic) bond motifs is 1. The van der Waals surface area contributed by atoms with Gasteiger partial charge in [0.2, 0.25) is 5.75 Å². The highest BCUT2D eigenvalue weighted by Gasteiger charge is 2.15. The van der Waals surface area contributed by atoms with Crippen molar-refractivity contribution < 1.29 is 19.0 Å². The van der Waals surface area contributed by atoms with Crippen molar-refractivity contribution in [1.29, 1.82) is 0 Å². The number of hydrogen-bond donors (Lipinski definition) is 1. The minimum Gasteiger partial charge on any atom is -0.493 e. The van der Waals surface area contributed by atoms with Gasteiger partial charge in [0, 0.05) is 5.56 Å². The van der Waals surface area contributed by atoms with Crippen LogP contribution >= 0.6 is 11.8 Å². The number of para-hydroxylation sites is 1. The fourth-order valence-corrected chi connectivity index (χ4v) is 4.45. The number of aromatic nitrogens is 2. The summed E-state index contributed by atoms with van der Waals surface area (Å²) in [6, 6.07) is 18.2. The lowest BCUT2D eigenvalue weighted by Gasteiger charge is -2.13. The molecule has 1 aromatic heterocycles. The normalized spacial score (nSPS) is 11.0. The molecule has 10 heteroatoms. The fourth-order valence-electron chi connectivity index (χ4n) is 3.65. The molecule has 1 N–H and O–H groups in total. The minimum atomic E-state index is -0.355. The van der Waals surface area contributed by atoms with E-state index >= 15 is 0 Å². The molecule has 1 amide bonds. The number of ether oxygens (including phenoxy) is 3. The maximum atomic E-state index is 13.3. The standard InChI is InChI=1S/C27H26N4O5S/c1-17-9-11-19(12-10-17)31-26(33)20-7-5-6-8-21(20)29-27(31)37-16-24(32)30-28-15-18-13-22(34-2)25(36-4)23(14-18)35-3/h5-15H,16H2,1-4H3,(H,30,32)/b28-15+. The molecule has 0 fully saturated rings. The second-order valence-corrected chi connectivity index (χ2v) is 8.87. The summed E-state index contributed by atoms with van der Waals surface area (Å²) in [6.45, 7) is 1.98. The Hall–Kier alpha value is -4.31.